The maximum Gasteiger partial charge on any atom is 0.273 e. The van der Waals surface area contributed by atoms with Crippen molar-refractivity contribution in [2.24, 2.45) is 0 Å². The highest BCUT2D eigenvalue weighted by Crippen LogP contribution is 2.30. The van der Waals surface area contributed by atoms with Gasteiger partial charge in [0.15, 0.2) is 5.65 Å². The standard InChI is InChI=1S/C30H29N5O4/c36-26-11-8-20-12-15-31-27(37)19-35(30(39)25-10-9-21-7-4-14-32-28(21)34-25)16-2-1-13-33-29(38)23-6-3-5-22(18-23)24(26)17-20/h3-11,14,17-18,36H,1-2,12-13,15-16,19H2,(H,31,37)(H,33,38). The van der Waals surface area contributed by atoms with Gasteiger partial charge in [-0.25, -0.2) is 9.97 Å². The Morgan fingerprint density at radius 1 is 0.897 bits per heavy atom. The molecule has 0 saturated heterocycles. The van der Waals surface area contributed by atoms with Crippen molar-refractivity contribution in [3.63, 3.8) is 0 Å². The Kier molecular flexibility index (Phi) is 7.77. The minimum absolute atomic E-state index is 0.112. The van der Waals surface area contributed by atoms with Gasteiger partial charge in [0.2, 0.25) is 5.91 Å². The van der Waals surface area contributed by atoms with Crippen molar-refractivity contribution in [1.29, 1.82) is 0 Å². The summed E-state index contributed by atoms with van der Waals surface area (Å²) in [5.41, 5.74) is 3.45. The first-order valence-corrected chi connectivity index (χ1v) is 13.0. The molecular weight excluding hydrogens is 494 g/mol. The molecule has 4 aromatic rings. The van der Waals surface area contributed by atoms with E-state index in [0.717, 1.165) is 16.5 Å². The maximum atomic E-state index is 13.4. The monoisotopic (exact) mass is 523 g/mol. The van der Waals surface area contributed by atoms with Crippen LogP contribution in [-0.2, 0) is 11.2 Å². The average Bonchev–Trinajstić information content (AvgIpc) is 2.96. The number of hydrogen-bond donors (Lipinski definition) is 3. The lowest BCUT2D eigenvalue weighted by Crippen LogP contribution is -2.42. The van der Waals surface area contributed by atoms with E-state index >= 15 is 0 Å². The van der Waals surface area contributed by atoms with E-state index in [9.17, 15) is 19.5 Å². The van der Waals surface area contributed by atoms with Gasteiger partial charge < -0.3 is 20.6 Å². The predicted molar refractivity (Wildman–Crippen MR) is 147 cm³/mol. The summed E-state index contributed by atoms with van der Waals surface area (Å²) in [6.07, 6.45) is 3.36. The number of fused-ring (bicyclic) bond motifs is 6. The molecule has 5 rings (SSSR count). The molecule has 4 bridgehead atoms. The van der Waals surface area contributed by atoms with Gasteiger partial charge in [0.25, 0.3) is 11.8 Å². The first kappa shape index (κ1) is 25.8. The molecule has 9 nitrogen and oxygen atoms in total. The van der Waals surface area contributed by atoms with Crippen LogP contribution in [0.15, 0.2) is 72.9 Å². The van der Waals surface area contributed by atoms with E-state index in [4.69, 9.17) is 0 Å². The van der Waals surface area contributed by atoms with Gasteiger partial charge in [0, 0.05) is 42.3 Å². The lowest BCUT2D eigenvalue weighted by Gasteiger charge is -2.22. The average molecular weight is 524 g/mol. The fourth-order valence-electron chi connectivity index (χ4n) is 4.59. The molecule has 0 spiro atoms. The van der Waals surface area contributed by atoms with Crippen LogP contribution in [0.5, 0.6) is 5.75 Å². The van der Waals surface area contributed by atoms with Gasteiger partial charge in [-0.2, -0.15) is 0 Å². The lowest BCUT2D eigenvalue weighted by molar-refractivity contribution is -0.121. The Bertz CT molecular complexity index is 1540. The first-order valence-electron chi connectivity index (χ1n) is 13.0. The van der Waals surface area contributed by atoms with Crippen molar-refractivity contribution in [3.05, 3.63) is 89.7 Å². The molecule has 3 N–H and O–H groups in total. The molecule has 0 aliphatic carbocycles. The number of phenols is 1. The zero-order chi connectivity index (χ0) is 27.2. The van der Waals surface area contributed by atoms with E-state index in [2.05, 4.69) is 20.6 Å². The Hall–Kier alpha value is -4.79. The SMILES string of the molecule is O=C1CN(C(=O)c2ccc3cccnc3n2)CCCCNC(=O)c2cccc(c2)-c2cc(ccc2O)CCN1. The molecule has 198 valence electrons. The Morgan fingerprint density at radius 2 is 1.77 bits per heavy atom. The van der Waals surface area contributed by atoms with Crippen molar-refractivity contribution < 1.29 is 19.5 Å². The van der Waals surface area contributed by atoms with Crippen LogP contribution in [0.2, 0.25) is 0 Å². The zero-order valence-corrected chi connectivity index (χ0v) is 21.4. The van der Waals surface area contributed by atoms with E-state index in [-0.39, 0.29) is 35.7 Å². The van der Waals surface area contributed by atoms with Gasteiger partial charge in [0.1, 0.15) is 11.4 Å². The second-order valence-corrected chi connectivity index (χ2v) is 9.47. The van der Waals surface area contributed by atoms with Crippen molar-refractivity contribution >= 4 is 28.8 Å². The second kappa shape index (κ2) is 11.7. The smallest absolute Gasteiger partial charge is 0.273 e. The number of aromatic nitrogens is 2. The molecule has 0 fully saturated rings. The highest BCUT2D eigenvalue weighted by atomic mass is 16.3. The summed E-state index contributed by atoms with van der Waals surface area (Å²) >= 11 is 0. The maximum absolute atomic E-state index is 13.4. The highest BCUT2D eigenvalue weighted by molar-refractivity contribution is 5.97. The fourth-order valence-corrected chi connectivity index (χ4v) is 4.59. The van der Waals surface area contributed by atoms with Crippen LogP contribution < -0.4 is 10.6 Å². The molecule has 0 radical (unpaired) electrons. The molecule has 2 aromatic heterocycles. The number of phenolic OH excluding ortho intramolecular Hbond substituents is 1. The number of aromatic hydroxyl groups is 1. The van der Waals surface area contributed by atoms with Crippen LogP contribution >= 0.6 is 0 Å². The third-order valence-corrected chi connectivity index (χ3v) is 6.68. The molecule has 39 heavy (non-hydrogen) atoms. The summed E-state index contributed by atoms with van der Waals surface area (Å²) in [6, 6.07) is 19.5. The minimum Gasteiger partial charge on any atom is -0.507 e. The van der Waals surface area contributed by atoms with Gasteiger partial charge in [-0.3, -0.25) is 14.4 Å². The molecule has 3 heterocycles. The van der Waals surface area contributed by atoms with Crippen LogP contribution in [0.3, 0.4) is 0 Å². The van der Waals surface area contributed by atoms with Crippen LogP contribution in [0.4, 0.5) is 0 Å². The largest absolute Gasteiger partial charge is 0.507 e. The zero-order valence-electron chi connectivity index (χ0n) is 21.4. The first-order chi connectivity index (χ1) is 19.0. The molecule has 1 aliphatic rings. The number of benzene rings is 2. The second-order valence-electron chi connectivity index (χ2n) is 9.47. The summed E-state index contributed by atoms with van der Waals surface area (Å²) in [6.45, 7) is 1.00. The molecule has 0 saturated carbocycles. The van der Waals surface area contributed by atoms with Gasteiger partial charge in [0.05, 0.1) is 6.54 Å². The van der Waals surface area contributed by atoms with Crippen LogP contribution in [0.25, 0.3) is 22.2 Å². The van der Waals surface area contributed by atoms with Crippen molar-refractivity contribution in [3.8, 4) is 16.9 Å². The quantitative estimate of drug-likeness (QED) is 0.352. The third-order valence-electron chi connectivity index (χ3n) is 6.68. The van der Waals surface area contributed by atoms with E-state index in [1.54, 1.807) is 54.7 Å². The number of carbonyl (C=O) groups is 3. The number of carbonyl (C=O) groups excluding carboxylic acids is 3. The normalized spacial score (nSPS) is 15.1. The van der Waals surface area contributed by atoms with Crippen LogP contribution in [0.1, 0.15) is 39.3 Å². The molecule has 1 aliphatic heterocycles. The summed E-state index contributed by atoms with van der Waals surface area (Å²) in [5.74, 6) is -0.727. The van der Waals surface area contributed by atoms with Crippen molar-refractivity contribution in [1.82, 2.24) is 25.5 Å². The number of rotatable bonds is 1. The molecule has 2 aromatic carbocycles. The van der Waals surface area contributed by atoms with Crippen molar-refractivity contribution in [2.75, 3.05) is 26.2 Å². The number of hydrogen-bond acceptors (Lipinski definition) is 6. The topological polar surface area (TPSA) is 125 Å². The van der Waals surface area contributed by atoms with Crippen LogP contribution in [-0.4, -0.2) is 63.9 Å². The van der Waals surface area contributed by atoms with Crippen molar-refractivity contribution in [2.45, 2.75) is 19.3 Å². The number of amides is 3. The molecule has 0 atom stereocenters. The number of nitrogens with zero attached hydrogens (tertiary/aromatic N) is 3. The van der Waals surface area contributed by atoms with Gasteiger partial charge >= 0.3 is 0 Å². The molecule has 0 unspecified atom stereocenters. The minimum atomic E-state index is -0.351. The lowest BCUT2D eigenvalue weighted by atomic mass is 9.98. The Balaban J connectivity index is 1.36. The molecule has 9 heteroatoms. The summed E-state index contributed by atoms with van der Waals surface area (Å²) in [4.78, 5) is 49.1. The Morgan fingerprint density at radius 3 is 2.67 bits per heavy atom. The highest BCUT2D eigenvalue weighted by Gasteiger charge is 2.21. The summed E-state index contributed by atoms with van der Waals surface area (Å²) in [7, 11) is 0. The van der Waals surface area contributed by atoms with Gasteiger partial charge in [-0.1, -0.05) is 18.2 Å². The molecule has 3 amide bonds. The Labute approximate surface area is 225 Å². The number of pyridine rings is 2. The molecular formula is C30H29N5O4. The van der Waals surface area contributed by atoms with Gasteiger partial charge in [-0.15, -0.1) is 0 Å². The predicted octanol–water partition coefficient (Wildman–Crippen LogP) is 3.33. The third kappa shape index (κ3) is 6.20. The van der Waals surface area contributed by atoms with E-state index in [1.165, 1.54) is 4.90 Å². The summed E-state index contributed by atoms with van der Waals surface area (Å²) in [5, 5.41) is 17.1. The van der Waals surface area contributed by atoms with E-state index in [1.807, 2.05) is 18.2 Å². The van der Waals surface area contributed by atoms with Gasteiger partial charge in [-0.05, 0) is 78.9 Å². The van der Waals surface area contributed by atoms with Crippen LogP contribution in [0, 0.1) is 0 Å². The summed E-state index contributed by atoms with van der Waals surface area (Å²) < 4.78 is 0. The number of nitrogens with one attached hydrogen (secondary N) is 2. The van der Waals surface area contributed by atoms with E-state index in [0.29, 0.717) is 55.7 Å². The fraction of sp³-hybridized carbons (Fsp3) is 0.233. The van der Waals surface area contributed by atoms with E-state index < -0.39 is 0 Å².